The van der Waals surface area contributed by atoms with Gasteiger partial charge >= 0.3 is 0 Å². The highest BCUT2D eigenvalue weighted by Gasteiger charge is 2.03. The summed E-state index contributed by atoms with van der Waals surface area (Å²) in [5.41, 5.74) is 2.03. The van der Waals surface area contributed by atoms with E-state index < -0.39 is 0 Å². The molecule has 6 heteroatoms. The lowest BCUT2D eigenvalue weighted by molar-refractivity contribution is 0.340. The first-order chi connectivity index (χ1) is 8.33. The summed E-state index contributed by atoms with van der Waals surface area (Å²) in [4.78, 5) is 7.72. The molecule has 0 radical (unpaired) electrons. The highest BCUT2D eigenvalue weighted by molar-refractivity contribution is 7.99. The standard InChI is InChI=1S/C11H14N2OS.ClHO/c1-3-14-8-5-6-9-10(7-8)13-11(12-9)15-4-2;1-2/h5-7H,3-4H2,1-2H3,(H,12,13);2H. The SMILES string of the molecule is CCOc1ccc2nc(SCC)[nH]c2c1.OCl. The predicted molar refractivity (Wildman–Crippen MR) is 71.7 cm³/mol. The maximum absolute atomic E-state index is 6.47. The molecule has 1 aromatic carbocycles. The average Bonchev–Trinajstić information content (AvgIpc) is 2.74. The van der Waals surface area contributed by atoms with Crippen LogP contribution in [0.1, 0.15) is 13.8 Å². The Hall–Kier alpha value is -0.910. The number of thioether (sulfide) groups is 1. The number of imidazole rings is 1. The van der Waals surface area contributed by atoms with E-state index in [1.807, 2.05) is 25.1 Å². The molecule has 2 aromatic rings. The van der Waals surface area contributed by atoms with E-state index in [9.17, 15) is 0 Å². The fraction of sp³-hybridized carbons (Fsp3) is 0.364. The summed E-state index contributed by atoms with van der Waals surface area (Å²) in [6, 6.07) is 5.93. The van der Waals surface area contributed by atoms with Gasteiger partial charge in [-0.1, -0.05) is 18.7 Å². The topological polar surface area (TPSA) is 58.1 Å². The van der Waals surface area contributed by atoms with E-state index in [-0.39, 0.29) is 0 Å². The number of hydrogen-bond acceptors (Lipinski definition) is 4. The van der Waals surface area contributed by atoms with Crippen LogP contribution in [-0.2, 0) is 0 Å². The lowest BCUT2D eigenvalue weighted by Gasteiger charge is -2.00. The predicted octanol–water partition coefficient (Wildman–Crippen LogP) is 3.21. The molecule has 0 aliphatic heterocycles. The molecule has 4 nitrogen and oxygen atoms in total. The minimum absolute atomic E-state index is 0.691. The summed E-state index contributed by atoms with van der Waals surface area (Å²) in [6.45, 7) is 4.79. The first-order valence-corrected chi connectivity index (χ1v) is 6.58. The smallest absolute Gasteiger partial charge is 0.166 e. The van der Waals surface area contributed by atoms with E-state index in [2.05, 4.69) is 28.8 Å². The van der Waals surface area contributed by atoms with Crippen LogP contribution in [0.4, 0.5) is 0 Å². The second-order valence-corrected chi connectivity index (χ2v) is 4.34. The van der Waals surface area contributed by atoms with Gasteiger partial charge in [0.2, 0.25) is 0 Å². The van der Waals surface area contributed by atoms with E-state index in [0.29, 0.717) is 6.61 Å². The van der Waals surface area contributed by atoms with Crippen LogP contribution >= 0.6 is 23.6 Å². The minimum atomic E-state index is 0.691. The number of fused-ring (bicyclic) bond motifs is 1. The van der Waals surface area contributed by atoms with Gasteiger partial charge in [-0.2, -0.15) is 0 Å². The van der Waals surface area contributed by atoms with Crippen LogP contribution in [0.5, 0.6) is 5.75 Å². The van der Waals surface area contributed by atoms with Crippen molar-refractivity contribution in [1.29, 1.82) is 0 Å². The zero-order chi connectivity index (χ0) is 12.7. The largest absolute Gasteiger partial charge is 0.494 e. The quantitative estimate of drug-likeness (QED) is 0.841. The van der Waals surface area contributed by atoms with Crippen LogP contribution in [0.15, 0.2) is 23.4 Å². The van der Waals surface area contributed by atoms with Crippen LogP contribution in [0, 0.1) is 0 Å². The van der Waals surface area contributed by atoms with Crippen molar-refractivity contribution >= 4 is 34.7 Å². The van der Waals surface area contributed by atoms with Gasteiger partial charge in [-0.3, -0.25) is 4.66 Å². The van der Waals surface area contributed by atoms with Crippen LogP contribution < -0.4 is 4.74 Å². The molecule has 94 valence electrons. The number of benzene rings is 1. The number of halogens is 1. The third-order valence-corrected chi connectivity index (χ3v) is 2.78. The third kappa shape index (κ3) is 3.80. The summed E-state index contributed by atoms with van der Waals surface area (Å²) < 4.78 is 11.9. The molecule has 0 bridgehead atoms. The fourth-order valence-corrected chi connectivity index (χ4v) is 2.05. The Morgan fingerprint density at radius 1 is 1.41 bits per heavy atom. The van der Waals surface area contributed by atoms with Gasteiger partial charge in [-0.15, -0.1) is 0 Å². The van der Waals surface area contributed by atoms with Crippen molar-refractivity contribution in [2.75, 3.05) is 12.4 Å². The first kappa shape index (κ1) is 14.2. The molecule has 0 fully saturated rings. The zero-order valence-corrected chi connectivity index (χ0v) is 11.3. The molecule has 2 N–H and O–H groups in total. The van der Waals surface area contributed by atoms with E-state index in [1.54, 1.807) is 11.8 Å². The second kappa shape index (κ2) is 7.42. The van der Waals surface area contributed by atoms with Crippen molar-refractivity contribution in [2.45, 2.75) is 19.0 Å². The molecule has 17 heavy (non-hydrogen) atoms. The molecule has 1 heterocycles. The van der Waals surface area contributed by atoms with Crippen molar-refractivity contribution in [1.82, 2.24) is 9.97 Å². The minimum Gasteiger partial charge on any atom is -0.494 e. The van der Waals surface area contributed by atoms with Gasteiger partial charge in [0.05, 0.1) is 29.5 Å². The number of nitrogens with zero attached hydrogens (tertiary/aromatic N) is 1. The molecular weight excluding hydrogens is 260 g/mol. The van der Waals surface area contributed by atoms with Crippen LogP contribution in [-0.4, -0.2) is 27.0 Å². The van der Waals surface area contributed by atoms with Crippen LogP contribution in [0.25, 0.3) is 11.0 Å². The van der Waals surface area contributed by atoms with Gasteiger partial charge in [0.15, 0.2) is 5.16 Å². The van der Waals surface area contributed by atoms with Gasteiger partial charge in [0, 0.05) is 6.07 Å². The lowest BCUT2D eigenvalue weighted by atomic mass is 10.3. The second-order valence-electron chi connectivity index (χ2n) is 3.09. The number of aromatic amines is 1. The van der Waals surface area contributed by atoms with Gasteiger partial charge in [0.25, 0.3) is 0 Å². The van der Waals surface area contributed by atoms with Crippen molar-refractivity contribution in [2.24, 2.45) is 0 Å². The maximum atomic E-state index is 6.47. The maximum Gasteiger partial charge on any atom is 0.166 e. The van der Waals surface area contributed by atoms with E-state index in [1.165, 1.54) is 0 Å². The molecule has 0 atom stereocenters. The Kier molecular flexibility index (Phi) is 6.18. The molecule has 0 saturated carbocycles. The van der Waals surface area contributed by atoms with Gasteiger partial charge in [-0.05, 0) is 24.8 Å². The molecule has 1 aromatic heterocycles. The lowest BCUT2D eigenvalue weighted by Crippen LogP contribution is -1.90. The van der Waals surface area contributed by atoms with E-state index in [0.717, 1.165) is 27.7 Å². The highest BCUT2D eigenvalue weighted by atomic mass is 35.5. The summed E-state index contributed by atoms with van der Waals surface area (Å²) in [7, 11) is 0. The number of hydrogen-bond donors (Lipinski definition) is 2. The van der Waals surface area contributed by atoms with E-state index in [4.69, 9.17) is 9.40 Å². The molecule has 0 aliphatic rings. The number of nitrogens with one attached hydrogen (secondary N) is 1. The van der Waals surface area contributed by atoms with Crippen molar-refractivity contribution in [3.05, 3.63) is 18.2 Å². The Bertz CT molecular complexity index is 458. The first-order valence-electron chi connectivity index (χ1n) is 5.25. The Morgan fingerprint density at radius 2 is 2.18 bits per heavy atom. The van der Waals surface area contributed by atoms with Gasteiger partial charge in [0.1, 0.15) is 5.75 Å². The van der Waals surface area contributed by atoms with Crippen LogP contribution in [0.3, 0.4) is 0 Å². The summed E-state index contributed by atoms with van der Waals surface area (Å²) in [6.07, 6.45) is 0. The Morgan fingerprint density at radius 3 is 2.82 bits per heavy atom. The van der Waals surface area contributed by atoms with Gasteiger partial charge in [-0.25, -0.2) is 4.98 Å². The Balaban J connectivity index is 0.000000686. The fourth-order valence-electron chi connectivity index (χ4n) is 1.43. The van der Waals surface area contributed by atoms with Crippen molar-refractivity contribution in [3.63, 3.8) is 0 Å². The molecule has 0 unspecified atom stereocenters. The normalized spacial score (nSPS) is 9.88. The summed E-state index contributed by atoms with van der Waals surface area (Å²) >= 11 is 5.35. The Labute approximate surface area is 110 Å². The number of ether oxygens (including phenoxy) is 1. The number of aromatic nitrogens is 2. The van der Waals surface area contributed by atoms with E-state index >= 15 is 0 Å². The molecule has 0 saturated heterocycles. The van der Waals surface area contributed by atoms with Crippen molar-refractivity contribution in [3.8, 4) is 5.75 Å². The average molecular weight is 275 g/mol. The molecule has 2 rings (SSSR count). The third-order valence-electron chi connectivity index (χ3n) is 2.02. The molecule has 0 aliphatic carbocycles. The summed E-state index contributed by atoms with van der Waals surface area (Å²) in [5, 5.41) is 0.973. The monoisotopic (exact) mass is 274 g/mol. The highest BCUT2D eigenvalue weighted by Crippen LogP contribution is 2.22. The number of rotatable bonds is 4. The van der Waals surface area contributed by atoms with Crippen LogP contribution in [0.2, 0.25) is 0 Å². The van der Waals surface area contributed by atoms with Gasteiger partial charge < -0.3 is 9.72 Å². The molecule has 0 amide bonds. The molecular formula is C11H15ClN2O2S. The van der Waals surface area contributed by atoms with Crippen molar-refractivity contribution < 1.29 is 9.40 Å². The number of H-pyrrole nitrogens is 1. The zero-order valence-electron chi connectivity index (χ0n) is 9.74. The summed E-state index contributed by atoms with van der Waals surface area (Å²) in [5.74, 6) is 1.92. The molecule has 0 spiro atoms.